The molecular formula is C14H21NO2. The van der Waals surface area contributed by atoms with Crippen LogP contribution in [0.3, 0.4) is 0 Å². The molecule has 94 valence electrons. The van der Waals surface area contributed by atoms with E-state index in [0.717, 1.165) is 31.1 Å². The van der Waals surface area contributed by atoms with Crippen molar-refractivity contribution >= 4 is 0 Å². The van der Waals surface area contributed by atoms with Crippen molar-refractivity contribution in [3.8, 4) is 0 Å². The number of ether oxygens (including phenoxy) is 1. The summed E-state index contributed by atoms with van der Waals surface area (Å²) in [5.41, 5.74) is 0. The molecule has 2 aliphatic carbocycles. The molecule has 1 heterocycles. The fourth-order valence-electron chi connectivity index (χ4n) is 2.58. The molecule has 2 aliphatic rings. The van der Waals surface area contributed by atoms with Gasteiger partial charge in [0.15, 0.2) is 0 Å². The van der Waals surface area contributed by atoms with E-state index in [2.05, 4.69) is 24.4 Å². The van der Waals surface area contributed by atoms with E-state index in [9.17, 15) is 0 Å². The third-order valence-corrected chi connectivity index (χ3v) is 4.15. The van der Waals surface area contributed by atoms with E-state index in [4.69, 9.17) is 9.15 Å². The van der Waals surface area contributed by atoms with E-state index in [1.54, 1.807) is 7.11 Å². The Labute approximate surface area is 103 Å². The molecule has 0 bridgehead atoms. The molecule has 2 saturated carbocycles. The van der Waals surface area contributed by atoms with E-state index in [0.29, 0.717) is 18.1 Å². The maximum atomic E-state index is 5.86. The van der Waals surface area contributed by atoms with Crippen LogP contribution in [0.15, 0.2) is 16.5 Å². The number of methoxy groups -OCH3 is 1. The maximum Gasteiger partial charge on any atom is 0.117 e. The number of nitrogens with one attached hydrogen (secondary N) is 1. The molecule has 1 N–H and O–H groups in total. The van der Waals surface area contributed by atoms with E-state index in [1.165, 1.54) is 12.2 Å². The fraction of sp³-hybridized carbons (Fsp3) is 0.714. The molecular weight excluding hydrogens is 214 g/mol. The fourth-order valence-corrected chi connectivity index (χ4v) is 2.58. The second kappa shape index (κ2) is 4.46. The van der Waals surface area contributed by atoms with Crippen LogP contribution >= 0.6 is 0 Å². The summed E-state index contributed by atoms with van der Waals surface area (Å²) in [6, 6.07) is 4.86. The van der Waals surface area contributed by atoms with Crippen LogP contribution in [0, 0.1) is 5.92 Å². The summed E-state index contributed by atoms with van der Waals surface area (Å²) >= 11 is 0. The van der Waals surface area contributed by atoms with Gasteiger partial charge in [-0.2, -0.15) is 0 Å². The molecule has 3 heteroatoms. The first-order valence-electron chi connectivity index (χ1n) is 6.61. The minimum atomic E-state index is 0.465. The first kappa shape index (κ1) is 11.3. The van der Waals surface area contributed by atoms with Crippen molar-refractivity contribution in [1.29, 1.82) is 0 Å². The van der Waals surface area contributed by atoms with Gasteiger partial charge in [-0.25, -0.2) is 0 Å². The number of hydrogen-bond donors (Lipinski definition) is 1. The van der Waals surface area contributed by atoms with Crippen LogP contribution in [0.25, 0.3) is 0 Å². The summed E-state index contributed by atoms with van der Waals surface area (Å²) in [7, 11) is 1.79. The minimum Gasteiger partial charge on any atom is -0.464 e. The first-order chi connectivity index (χ1) is 8.26. The molecule has 0 radical (unpaired) electrons. The molecule has 0 saturated heterocycles. The minimum absolute atomic E-state index is 0.465. The van der Waals surface area contributed by atoms with Crippen molar-refractivity contribution in [1.82, 2.24) is 5.32 Å². The zero-order valence-corrected chi connectivity index (χ0v) is 10.6. The Morgan fingerprint density at radius 3 is 2.76 bits per heavy atom. The van der Waals surface area contributed by atoms with Gasteiger partial charge >= 0.3 is 0 Å². The lowest BCUT2D eigenvalue weighted by Gasteiger charge is -2.34. The molecule has 1 aromatic heterocycles. The lowest BCUT2D eigenvalue weighted by atomic mass is 9.89. The Kier molecular flexibility index (Phi) is 2.97. The van der Waals surface area contributed by atoms with Gasteiger partial charge in [-0.15, -0.1) is 0 Å². The number of hydrogen-bond acceptors (Lipinski definition) is 3. The Morgan fingerprint density at radius 1 is 1.35 bits per heavy atom. The molecule has 0 aromatic carbocycles. The SMILES string of the molecule is COC1CC(NCc2ccc(C3CC3C)o2)C1. The Bertz CT molecular complexity index is 381. The molecule has 17 heavy (non-hydrogen) atoms. The Balaban J connectivity index is 1.44. The van der Waals surface area contributed by atoms with Gasteiger partial charge < -0.3 is 14.5 Å². The predicted molar refractivity (Wildman–Crippen MR) is 65.9 cm³/mol. The third-order valence-electron chi connectivity index (χ3n) is 4.15. The highest BCUT2D eigenvalue weighted by atomic mass is 16.5. The van der Waals surface area contributed by atoms with Crippen molar-refractivity contribution in [3.05, 3.63) is 23.7 Å². The van der Waals surface area contributed by atoms with E-state index in [1.807, 2.05) is 0 Å². The first-order valence-corrected chi connectivity index (χ1v) is 6.61. The van der Waals surface area contributed by atoms with Crippen LogP contribution in [0.4, 0.5) is 0 Å². The van der Waals surface area contributed by atoms with Crippen molar-refractivity contribution in [2.75, 3.05) is 7.11 Å². The summed E-state index contributed by atoms with van der Waals surface area (Å²) in [6.07, 6.45) is 4.01. The van der Waals surface area contributed by atoms with Gasteiger partial charge in [0.1, 0.15) is 11.5 Å². The van der Waals surface area contributed by atoms with Crippen LogP contribution in [-0.2, 0) is 11.3 Å². The largest absolute Gasteiger partial charge is 0.464 e. The topological polar surface area (TPSA) is 34.4 Å². The second-order valence-electron chi connectivity index (χ2n) is 5.53. The molecule has 2 atom stereocenters. The highest BCUT2D eigenvalue weighted by Crippen LogP contribution is 2.47. The Hall–Kier alpha value is -0.800. The molecule has 0 spiro atoms. The van der Waals surface area contributed by atoms with Gasteiger partial charge in [-0.05, 0) is 37.3 Å². The van der Waals surface area contributed by atoms with Crippen LogP contribution in [0.2, 0.25) is 0 Å². The number of furan rings is 1. The van der Waals surface area contributed by atoms with Crippen molar-refractivity contribution in [2.45, 2.75) is 50.8 Å². The monoisotopic (exact) mass is 235 g/mol. The second-order valence-corrected chi connectivity index (χ2v) is 5.53. The van der Waals surface area contributed by atoms with Gasteiger partial charge in [-0.1, -0.05) is 6.92 Å². The molecule has 3 rings (SSSR count). The van der Waals surface area contributed by atoms with Gasteiger partial charge in [0.05, 0.1) is 12.6 Å². The van der Waals surface area contributed by atoms with Crippen molar-refractivity contribution in [3.63, 3.8) is 0 Å². The van der Waals surface area contributed by atoms with Gasteiger partial charge in [0.25, 0.3) is 0 Å². The lowest BCUT2D eigenvalue weighted by molar-refractivity contribution is 0.0165. The zero-order valence-electron chi connectivity index (χ0n) is 10.6. The van der Waals surface area contributed by atoms with E-state index < -0.39 is 0 Å². The average molecular weight is 235 g/mol. The number of rotatable bonds is 5. The highest BCUT2D eigenvalue weighted by Gasteiger charge is 2.36. The summed E-state index contributed by atoms with van der Waals surface area (Å²) in [4.78, 5) is 0. The maximum absolute atomic E-state index is 5.86. The summed E-state index contributed by atoms with van der Waals surface area (Å²) in [5.74, 6) is 3.75. The zero-order chi connectivity index (χ0) is 11.8. The highest BCUT2D eigenvalue weighted by molar-refractivity contribution is 5.17. The third kappa shape index (κ3) is 2.40. The molecule has 2 unspecified atom stereocenters. The van der Waals surface area contributed by atoms with Crippen LogP contribution in [0.5, 0.6) is 0 Å². The van der Waals surface area contributed by atoms with E-state index >= 15 is 0 Å². The summed E-state index contributed by atoms with van der Waals surface area (Å²) in [6.45, 7) is 3.13. The van der Waals surface area contributed by atoms with Gasteiger partial charge in [0.2, 0.25) is 0 Å². The molecule has 2 fully saturated rings. The van der Waals surface area contributed by atoms with Crippen LogP contribution in [0.1, 0.15) is 43.6 Å². The van der Waals surface area contributed by atoms with Crippen molar-refractivity contribution < 1.29 is 9.15 Å². The molecule has 0 aliphatic heterocycles. The van der Waals surface area contributed by atoms with Crippen molar-refractivity contribution in [2.24, 2.45) is 5.92 Å². The van der Waals surface area contributed by atoms with Gasteiger partial charge in [0, 0.05) is 19.1 Å². The summed E-state index contributed by atoms with van der Waals surface area (Å²) in [5, 5.41) is 3.51. The van der Waals surface area contributed by atoms with Crippen LogP contribution < -0.4 is 5.32 Å². The molecule has 1 aromatic rings. The molecule has 0 amide bonds. The lowest BCUT2D eigenvalue weighted by Crippen LogP contribution is -2.44. The quantitative estimate of drug-likeness (QED) is 0.852. The normalized spacial score (nSPS) is 35.6. The van der Waals surface area contributed by atoms with Gasteiger partial charge in [-0.3, -0.25) is 0 Å². The van der Waals surface area contributed by atoms with E-state index in [-0.39, 0.29) is 0 Å². The Morgan fingerprint density at radius 2 is 2.12 bits per heavy atom. The standard InChI is InChI=1S/C14H21NO2/c1-9-5-13(9)14-4-3-11(17-14)8-15-10-6-12(7-10)16-2/h3-4,9-10,12-13,15H,5-8H2,1-2H3. The average Bonchev–Trinajstić information content (AvgIpc) is 2.82. The predicted octanol–water partition coefficient (Wildman–Crippen LogP) is 2.67. The van der Waals surface area contributed by atoms with Crippen LogP contribution in [-0.4, -0.2) is 19.3 Å². The smallest absolute Gasteiger partial charge is 0.117 e. The molecule has 3 nitrogen and oxygen atoms in total. The summed E-state index contributed by atoms with van der Waals surface area (Å²) < 4.78 is 11.1.